The van der Waals surface area contributed by atoms with Gasteiger partial charge in [0, 0.05) is 17.4 Å². The highest BCUT2D eigenvalue weighted by Crippen LogP contribution is 2.18. The molecule has 0 saturated carbocycles. The maximum Gasteiger partial charge on any atom is 0.241 e. The molecule has 0 heterocycles. The molecule has 112 valence electrons. The Morgan fingerprint density at radius 3 is 2.70 bits per heavy atom. The van der Waals surface area contributed by atoms with Gasteiger partial charge in [0.25, 0.3) is 0 Å². The molecule has 1 aromatic rings. The van der Waals surface area contributed by atoms with Crippen LogP contribution in [-0.4, -0.2) is 31.0 Å². The second kappa shape index (κ2) is 7.40. The fourth-order valence-corrected chi connectivity index (χ4v) is 4.12. The van der Waals surface area contributed by atoms with Gasteiger partial charge in [-0.3, -0.25) is 0 Å². The average molecular weight is 333 g/mol. The first-order valence-electron chi connectivity index (χ1n) is 6.28. The Morgan fingerprint density at radius 1 is 1.50 bits per heavy atom. The van der Waals surface area contributed by atoms with Crippen LogP contribution >= 0.6 is 24.0 Å². The molecular formula is C13H20N2O2S3. The van der Waals surface area contributed by atoms with E-state index in [1.807, 2.05) is 13.8 Å². The summed E-state index contributed by atoms with van der Waals surface area (Å²) in [6.07, 6.45) is 0. The van der Waals surface area contributed by atoms with Crippen molar-refractivity contribution in [3.05, 3.63) is 29.3 Å². The summed E-state index contributed by atoms with van der Waals surface area (Å²) in [5, 5.41) is 0. The van der Waals surface area contributed by atoms with Crippen molar-refractivity contribution < 1.29 is 8.42 Å². The van der Waals surface area contributed by atoms with Crippen LogP contribution in [0, 0.1) is 6.92 Å². The Hall–Kier alpha value is -0.630. The SMILES string of the molecule is CCSCC(C)NS(=O)(=O)c1cc(C(N)=S)ccc1C. The Balaban J connectivity index is 3.03. The molecule has 0 aromatic heterocycles. The first-order chi connectivity index (χ1) is 9.27. The van der Waals surface area contributed by atoms with E-state index >= 15 is 0 Å². The molecule has 7 heteroatoms. The maximum atomic E-state index is 12.4. The van der Waals surface area contributed by atoms with Gasteiger partial charge in [0.05, 0.1) is 4.90 Å². The fourth-order valence-electron chi connectivity index (χ4n) is 1.70. The molecule has 1 rings (SSSR count). The molecule has 0 aliphatic rings. The van der Waals surface area contributed by atoms with Gasteiger partial charge in [0.2, 0.25) is 10.0 Å². The molecule has 0 saturated heterocycles. The molecule has 0 amide bonds. The normalized spacial score (nSPS) is 13.2. The van der Waals surface area contributed by atoms with Gasteiger partial charge in [-0.05, 0) is 31.2 Å². The van der Waals surface area contributed by atoms with Gasteiger partial charge in [-0.25, -0.2) is 13.1 Å². The van der Waals surface area contributed by atoms with E-state index < -0.39 is 10.0 Å². The number of hydrogen-bond acceptors (Lipinski definition) is 4. The van der Waals surface area contributed by atoms with Gasteiger partial charge in [0.15, 0.2) is 0 Å². The van der Waals surface area contributed by atoms with E-state index in [-0.39, 0.29) is 15.9 Å². The van der Waals surface area contributed by atoms with E-state index in [1.165, 1.54) is 6.07 Å². The standard InChI is InChI=1S/C13H20N2O2S3/c1-4-19-8-10(3)15-20(16,17)12-7-11(13(14)18)6-5-9(12)2/h5-7,10,15H,4,8H2,1-3H3,(H2,14,18). The molecule has 1 aromatic carbocycles. The van der Waals surface area contributed by atoms with Crippen LogP contribution in [0.4, 0.5) is 0 Å². The lowest BCUT2D eigenvalue weighted by Crippen LogP contribution is -2.34. The predicted octanol–water partition coefficient (Wildman–Crippen LogP) is 2.05. The molecule has 0 aliphatic carbocycles. The average Bonchev–Trinajstić information content (AvgIpc) is 2.35. The molecule has 0 fully saturated rings. The third kappa shape index (κ3) is 4.73. The largest absolute Gasteiger partial charge is 0.389 e. The third-order valence-corrected chi connectivity index (χ3v) is 5.80. The van der Waals surface area contributed by atoms with Crippen molar-refractivity contribution in [3.8, 4) is 0 Å². The molecule has 0 spiro atoms. The number of thiocarbonyl (C=S) groups is 1. The third-order valence-electron chi connectivity index (χ3n) is 2.69. The number of hydrogen-bond donors (Lipinski definition) is 2. The molecule has 20 heavy (non-hydrogen) atoms. The van der Waals surface area contributed by atoms with Gasteiger partial charge in [-0.15, -0.1) is 0 Å². The number of sulfonamides is 1. The Labute approximate surface area is 130 Å². The summed E-state index contributed by atoms with van der Waals surface area (Å²) in [5.41, 5.74) is 6.79. The minimum atomic E-state index is -3.56. The van der Waals surface area contributed by atoms with Gasteiger partial charge in [-0.2, -0.15) is 11.8 Å². The van der Waals surface area contributed by atoms with E-state index in [0.717, 1.165) is 11.5 Å². The van der Waals surface area contributed by atoms with Crippen LogP contribution in [-0.2, 0) is 10.0 Å². The summed E-state index contributed by atoms with van der Waals surface area (Å²) in [7, 11) is -3.56. The van der Waals surface area contributed by atoms with Crippen LogP contribution in [0.25, 0.3) is 0 Å². The van der Waals surface area contributed by atoms with Crippen molar-refractivity contribution in [1.82, 2.24) is 4.72 Å². The number of thioether (sulfide) groups is 1. The highest BCUT2D eigenvalue weighted by atomic mass is 32.2. The molecule has 1 unspecified atom stereocenters. The molecule has 0 aliphatic heterocycles. The lowest BCUT2D eigenvalue weighted by Gasteiger charge is -2.15. The van der Waals surface area contributed by atoms with Crippen molar-refractivity contribution in [3.63, 3.8) is 0 Å². The van der Waals surface area contributed by atoms with Crippen molar-refractivity contribution in [2.45, 2.75) is 31.7 Å². The fraction of sp³-hybridized carbons (Fsp3) is 0.462. The minimum Gasteiger partial charge on any atom is -0.389 e. The second-order valence-electron chi connectivity index (χ2n) is 4.53. The molecule has 3 N–H and O–H groups in total. The number of aryl methyl sites for hydroxylation is 1. The summed E-state index contributed by atoms with van der Waals surface area (Å²) in [5.74, 6) is 1.70. The van der Waals surface area contributed by atoms with Crippen LogP contribution < -0.4 is 10.5 Å². The quantitative estimate of drug-likeness (QED) is 0.748. The van der Waals surface area contributed by atoms with E-state index in [4.69, 9.17) is 18.0 Å². The maximum absolute atomic E-state index is 12.4. The van der Waals surface area contributed by atoms with Crippen LogP contribution in [0.3, 0.4) is 0 Å². The van der Waals surface area contributed by atoms with Crippen molar-refractivity contribution in [2.75, 3.05) is 11.5 Å². The minimum absolute atomic E-state index is 0.127. The zero-order valence-electron chi connectivity index (χ0n) is 11.8. The van der Waals surface area contributed by atoms with Crippen molar-refractivity contribution >= 4 is 39.0 Å². The van der Waals surface area contributed by atoms with Crippen molar-refractivity contribution in [1.29, 1.82) is 0 Å². The summed E-state index contributed by atoms with van der Waals surface area (Å²) >= 11 is 6.59. The Kier molecular flexibility index (Phi) is 6.44. The summed E-state index contributed by atoms with van der Waals surface area (Å²) in [6, 6.07) is 4.85. The topological polar surface area (TPSA) is 72.2 Å². The molecule has 0 radical (unpaired) electrons. The predicted molar refractivity (Wildman–Crippen MR) is 89.8 cm³/mol. The summed E-state index contributed by atoms with van der Waals surface area (Å²) in [4.78, 5) is 0.423. The zero-order chi connectivity index (χ0) is 15.3. The number of nitrogens with two attached hydrogens (primary N) is 1. The van der Waals surface area contributed by atoms with Gasteiger partial charge >= 0.3 is 0 Å². The van der Waals surface area contributed by atoms with Gasteiger partial charge in [0.1, 0.15) is 4.99 Å². The zero-order valence-corrected chi connectivity index (χ0v) is 14.3. The molecule has 4 nitrogen and oxygen atoms in total. The van der Waals surface area contributed by atoms with E-state index in [9.17, 15) is 8.42 Å². The number of nitrogens with one attached hydrogen (secondary N) is 1. The van der Waals surface area contributed by atoms with E-state index in [1.54, 1.807) is 30.8 Å². The highest BCUT2D eigenvalue weighted by Gasteiger charge is 2.20. The van der Waals surface area contributed by atoms with Crippen LogP contribution in [0.2, 0.25) is 0 Å². The van der Waals surface area contributed by atoms with Gasteiger partial charge < -0.3 is 5.73 Å². The first-order valence-corrected chi connectivity index (χ1v) is 9.33. The second-order valence-corrected chi connectivity index (χ2v) is 7.97. The Bertz CT molecular complexity index is 585. The van der Waals surface area contributed by atoms with E-state index in [2.05, 4.69) is 4.72 Å². The van der Waals surface area contributed by atoms with Crippen LogP contribution in [0.1, 0.15) is 25.0 Å². The molecule has 0 bridgehead atoms. The van der Waals surface area contributed by atoms with Crippen molar-refractivity contribution in [2.24, 2.45) is 5.73 Å². The van der Waals surface area contributed by atoms with Crippen LogP contribution in [0.5, 0.6) is 0 Å². The van der Waals surface area contributed by atoms with E-state index in [0.29, 0.717) is 11.1 Å². The molecule has 1 atom stereocenters. The Morgan fingerprint density at radius 2 is 2.15 bits per heavy atom. The lowest BCUT2D eigenvalue weighted by molar-refractivity contribution is 0.570. The number of rotatable bonds is 7. The van der Waals surface area contributed by atoms with Crippen LogP contribution in [0.15, 0.2) is 23.1 Å². The summed E-state index contributed by atoms with van der Waals surface area (Å²) in [6.45, 7) is 5.65. The highest BCUT2D eigenvalue weighted by molar-refractivity contribution is 7.99. The lowest BCUT2D eigenvalue weighted by atomic mass is 10.1. The monoisotopic (exact) mass is 332 g/mol. The smallest absolute Gasteiger partial charge is 0.241 e. The summed E-state index contributed by atoms with van der Waals surface area (Å²) < 4.78 is 27.5. The molecular weight excluding hydrogens is 312 g/mol. The van der Waals surface area contributed by atoms with Gasteiger partial charge in [-0.1, -0.05) is 31.3 Å². The first kappa shape index (κ1) is 17.4. The number of benzene rings is 1.